The lowest BCUT2D eigenvalue weighted by Crippen LogP contribution is -2.14. The number of fused-ring (bicyclic) bond motifs is 1. The van der Waals surface area contributed by atoms with Crippen LogP contribution in [0.2, 0.25) is 0 Å². The zero-order valence-corrected chi connectivity index (χ0v) is 20.2. The molecule has 0 spiro atoms. The summed E-state index contributed by atoms with van der Waals surface area (Å²) in [5, 5.41) is 5.05. The van der Waals surface area contributed by atoms with Crippen molar-refractivity contribution in [3.63, 3.8) is 0 Å². The number of alkyl halides is 6. The number of halogens is 6. The molecule has 6 nitrogen and oxygen atoms in total. The Labute approximate surface area is 222 Å². The van der Waals surface area contributed by atoms with Crippen molar-refractivity contribution in [2.75, 3.05) is 0 Å². The van der Waals surface area contributed by atoms with Gasteiger partial charge in [-0.25, -0.2) is 9.67 Å². The predicted molar refractivity (Wildman–Crippen MR) is 136 cm³/mol. The van der Waals surface area contributed by atoms with E-state index in [1.807, 2.05) is 0 Å². The van der Waals surface area contributed by atoms with E-state index in [1.54, 1.807) is 30.3 Å². The normalized spacial score (nSPS) is 12.6. The van der Waals surface area contributed by atoms with E-state index >= 15 is 0 Å². The zero-order chi connectivity index (χ0) is 28.7. The van der Waals surface area contributed by atoms with Gasteiger partial charge in [-0.1, -0.05) is 42.5 Å². The van der Waals surface area contributed by atoms with Crippen LogP contribution in [0.15, 0.2) is 85.1 Å². The Balaban J connectivity index is 1.65. The van der Waals surface area contributed by atoms with Gasteiger partial charge in [0.05, 0.1) is 22.2 Å². The summed E-state index contributed by atoms with van der Waals surface area (Å²) in [6.07, 6.45) is -6.43. The van der Waals surface area contributed by atoms with Gasteiger partial charge in [-0.15, -0.1) is 5.10 Å². The summed E-state index contributed by atoms with van der Waals surface area (Å²) < 4.78 is 79.6. The number of carbonyl (C=O) groups excluding carboxylic acids is 1. The number of carbonyl (C=O) groups is 1. The molecule has 0 radical (unpaired) electrons. The molecule has 2 heterocycles. The average molecular weight is 553 g/mol. The highest BCUT2D eigenvalue weighted by Crippen LogP contribution is 2.33. The Morgan fingerprint density at radius 1 is 0.800 bits per heavy atom. The van der Waals surface area contributed by atoms with Crippen molar-refractivity contribution in [1.29, 1.82) is 0 Å². The fourth-order valence-corrected chi connectivity index (χ4v) is 3.97. The Kier molecular flexibility index (Phi) is 6.62. The topological polar surface area (TPSA) is 86.7 Å². The summed E-state index contributed by atoms with van der Waals surface area (Å²) in [4.78, 5) is 21.2. The number of pyridine rings is 1. The van der Waals surface area contributed by atoms with Crippen LogP contribution < -0.4 is 5.73 Å². The molecule has 3 aromatic carbocycles. The van der Waals surface area contributed by atoms with E-state index in [0.29, 0.717) is 11.1 Å². The first kappa shape index (κ1) is 26.6. The predicted octanol–water partition coefficient (Wildman–Crippen LogP) is 6.68. The summed E-state index contributed by atoms with van der Waals surface area (Å²) in [6.45, 7) is 0. The Morgan fingerprint density at radius 2 is 1.38 bits per heavy atom. The van der Waals surface area contributed by atoms with Crippen molar-refractivity contribution >= 4 is 28.6 Å². The number of hydrogen-bond donors (Lipinski definition) is 1. The van der Waals surface area contributed by atoms with Crippen LogP contribution in [0.4, 0.5) is 26.3 Å². The van der Waals surface area contributed by atoms with E-state index in [0.717, 1.165) is 34.3 Å². The highest BCUT2D eigenvalue weighted by atomic mass is 19.4. The lowest BCUT2D eigenvalue weighted by molar-refractivity contribution is -0.138. The van der Waals surface area contributed by atoms with Crippen LogP contribution in [0, 0.1) is 0 Å². The highest BCUT2D eigenvalue weighted by molar-refractivity contribution is 6.22. The molecule has 0 bridgehead atoms. The fourth-order valence-electron chi connectivity index (χ4n) is 3.97. The summed E-state index contributed by atoms with van der Waals surface area (Å²) in [5.74, 6) is -0.849. The number of para-hydroxylation sites is 1. The highest BCUT2D eigenvalue weighted by Gasteiger charge is 2.31. The molecule has 2 N–H and O–H groups in total. The molecule has 202 valence electrons. The van der Waals surface area contributed by atoms with E-state index in [-0.39, 0.29) is 28.3 Å². The third-order valence-corrected chi connectivity index (χ3v) is 5.99. The number of rotatable bonds is 5. The number of nitrogens with zero attached hydrogens (tertiary/aromatic N) is 4. The molecule has 0 saturated heterocycles. The third-order valence-electron chi connectivity index (χ3n) is 5.99. The van der Waals surface area contributed by atoms with Gasteiger partial charge in [0, 0.05) is 34.5 Å². The Bertz CT molecular complexity index is 1740. The van der Waals surface area contributed by atoms with Crippen LogP contribution in [0.1, 0.15) is 16.7 Å². The number of aromatic nitrogens is 4. The maximum Gasteiger partial charge on any atom is 0.416 e. The van der Waals surface area contributed by atoms with Crippen LogP contribution in [0.5, 0.6) is 0 Å². The van der Waals surface area contributed by atoms with Gasteiger partial charge in [0.1, 0.15) is 0 Å². The number of amides is 1. The van der Waals surface area contributed by atoms with Gasteiger partial charge < -0.3 is 5.73 Å². The average Bonchev–Trinajstić information content (AvgIpc) is 3.34. The van der Waals surface area contributed by atoms with E-state index in [9.17, 15) is 31.1 Å². The smallest absolute Gasteiger partial charge is 0.366 e. The maximum atomic E-state index is 13.1. The standard InChI is InChI=1S/C28H17F6N5O/c29-27(30,31)20-9-5-16(6-10-20)25-37-26(17-7-11-21(12-8-17)28(32,33)34)39(38-25)15-22(24(35)40)19-13-18-3-1-2-4-23(18)36-14-19/h1-15H,(H2,35,40)/b22-15+. The summed E-state index contributed by atoms with van der Waals surface area (Å²) in [7, 11) is 0. The van der Waals surface area contributed by atoms with Gasteiger partial charge in [0.15, 0.2) is 11.6 Å². The van der Waals surface area contributed by atoms with Crippen LogP contribution in [-0.4, -0.2) is 25.7 Å². The van der Waals surface area contributed by atoms with E-state index in [1.165, 1.54) is 36.7 Å². The number of primary amides is 1. The minimum Gasteiger partial charge on any atom is -0.366 e. The van der Waals surface area contributed by atoms with Crippen LogP contribution in [0.3, 0.4) is 0 Å². The zero-order valence-electron chi connectivity index (χ0n) is 20.2. The first-order valence-electron chi connectivity index (χ1n) is 11.6. The second kappa shape index (κ2) is 9.95. The van der Waals surface area contributed by atoms with E-state index in [4.69, 9.17) is 5.73 Å². The SMILES string of the molecule is NC(=O)/C(=C/n1nc(-c2ccc(C(F)(F)F)cc2)nc1-c1ccc(C(F)(F)F)cc1)c1cnc2ccccc2c1. The molecule has 5 aromatic rings. The minimum atomic E-state index is -4.57. The summed E-state index contributed by atoms with van der Waals surface area (Å²) >= 11 is 0. The first-order valence-corrected chi connectivity index (χ1v) is 11.6. The van der Waals surface area contributed by atoms with Crippen LogP contribution in [-0.2, 0) is 17.1 Å². The number of benzene rings is 3. The molecule has 0 atom stereocenters. The summed E-state index contributed by atoms with van der Waals surface area (Å²) in [6, 6.07) is 17.0. The van der Waals surface area contributed by atoms with Crippen molar-refractivity contribution in [3.8, 4) is 22.8 Å². The van der Waals surface area contributed by atoms with Gasteiger partial charge >= 0.3 is 12.4 Å². The van der Waals surface area contributed by atoms with Gasteiger partial charge in [-0.2, -0.15) is 26.3 Å². The van der Waals surface area contributed by atoms with Crippen molar-refractivity contribution in [1.82, 2.24) is 19.7 Å². The molecule has 12 heteroatoms. The molecule has 0 aliphatic carbocycles. The van der Waals surface area contributed by atoms with Crippen molar-refractivity contribution in [2.45, 2.75) is 12.4 Å². The number of nitrogens with two attached hydrogens (primary N) is 1. The molecular formula is C28H17F6N5O. The van der Waals surface area contributed by atoms with E-state index < -0.39 is 29.4 Å². The minimum absolute atomic E-state index is 0.0242. The molecule has 5 rings (SSSR count). The molecule has 0 aliphatic rings. The lowest BCUT2D eigenvalue weighted by atomic mass is 10.1. The molecule has 2 aromatic heterocycles. The van der Waals surface area contributed by atoms with Crippen molar-refractivity contribution in [3.05, 3.63) is 102 Å². The monoisotopic (exact) mass is 553 g/mol. The lowest BCUT2D eigenvalue weighted by Gasteiger charge is -2.09. The molecule has 1 amide bonds. The quantitative estimate of drug-likeness (QED) is 0.194. The third kappa shape index (κ3) is 5.41. The van der Waals surface area contributed by atoms with Gasteiger partial charge in [-0.05, 0) is 36.4 Å². The van der Waals surface area contributed by atoms with Crippen LogP contribution >= 0.6 is 0 Å². The molecule has 0 aliphatic heterocycles. The first-order chi connectivity index (χ1) is 18.9. The second-order valence-corrected chi connectivity index (χ2v) is 8.68. The van der Waals surface area contributed by atoms with Gasteiger partial charge in [0.25, 0.3) is 5.91 Å². The Morgan fingerprint density at radius 3 is 1.95 bits per heavy atom. The maximum absolute atomic E-state index is 13.1. The van der Waals surface area contributed by atoms with Gasteiger partial charge in [0.2, 0.25) is 0 Å². The fraction of sp³-hybridized carbons (Fsp3) is 0.0714. The summed E-state index contributed by atoms with van der Waals surface area (Å²) in [5.41, 5.74) is 5.30. The largest absolute Gasteiger partial charge is 0.416 e. The second-order valence-electron chi connectivity index (χ2n) is 8.68. The van der Waals surface area contributed by atoms with E-state index in [2.05, 4.69) is 15.1 Å². The van der Waals surface area contributed by atoms with Gasteiger partial charge in [-0.3, -0.25) is 9.78 Å². The molecule has 40 heavy (non-hydrogen) atoms. The molecule has 0 fully saturated rings. The molecule has 0 saturated carbocycles. The molecular weight excluding hydrogens is 536 g/mol. The Hall–Kier alpha value is -5.00. The molecule has 0 unspecified atom stereocenters. The number of hydrogen-bond acceptors (Lipinski definition) is 4. The van der Waals surface area contributed by atoms with Crippen LogP contribution in [0.25, 0.3) is 45.5 Å². The van der Waals surface area contributed by atoms with Crippen molar-refractivity contribution in [2.24, 2.45) is 5.73 Å². The van der Waals surface area contributed by atoms with Crippen molar-refractivity contribution < 1.29 is 31.1 Å².